The van der Waals surface area contributed by atoms with Crippen LogP contribution in [0.15, 0.2) is 12.3 Å². The minimum Gasteiger partial charge on any atom is -0.481 e. The molecule has 7 heteroatoms. The van der Waals surface area contributed by atoms with E-state index in [9.17, 15) is 14.4 Å². The topological polar surface area (TPSA) is 125 Å². The van der Waals surface area contributed by atoms with E-state index in [4.69, 9.17) is 15.3 Å². The molecule has 1 heterocycles. The summed E-state index contributed by atoms with van der Waals surface area (Å²) < 4.78 is 0. The minimum atomic E-state index is -0.839. The summed E-state index contributed by atoms with van der Waals surface area (Å²) in [5, 5.41) is 26.2. The van der Waals surface area contributed by atoms with Gasteiger partial charge in [0.05, 0.1) is 0 Å². The predicted octanol–water partition coefficient (Wildman–Crippen LogP) is 2.69. The van der Waals surface area contributed by atoms with Crippen LogP contribution >= 0.6 is 0 Å². The molecule has 1 aromatic rings. The highest BCUT2D eigenvalue weighted by Crippen LogP contribution is 2.17. The van der Waals surface area contributed by atoms with Gasteiger partial charge in [-0.25, -0.2) is 0 Å². The molecule has 0 aliphatic carbocycles. The fourth-order valence-corrected chi connectivity index (χ4v) is 2.61. The summed E-state index contributed by atoms with van der Waals surface area (Å²) in [5.74, 6) is -2.48. The lowest BCUT2D eigenvalue weighted by atomic mass is 9.99. The molecule has 0 atom stereocenters. The Morgan fingerprint density at radius 3 is 1.92 bits per heavy atom. The summed E-state index contributed by atoms with van der Waals surface area (Å²) in [5.41, 5.74) is 2.79. The molecule has 0 spiro atoms. The molecular formula is C18H25NO6. The first-order valence-electron chi connectivity index (χ1n) is 8.50. The van der Waals surface area contributed by atoms with Crippen LogP contribution < -0.4 is 0 Å². The predicted molar refractivity (Wildman–Crippen MR) is 90.6 cm³/mol. The fraction of sp³-hybridized carbons (Fsp3) is 0.556. The second-order valence-corrected chi connectivity index (χ2v) is 6.04. The first kappa shape index (κ1) is 20.6. The smallest absolute Gasteiger partial charge is 0.303 e. The van der Waals surface area contributed by atoms with E-state index >= 15 is 0 Å². The number of rotatable bonds is 13. The van der Waals surface area contributed by atoms with E-state index in [1.165, 1.54) is 0 Å². The van der Waals surface area contributed by atoms with Crippen molar-refractivity contribution in [2.24, 2.45) is 0 Å². The van der Waals surface area contributed by atoms with Gasteiger partial charge in [0.1, 0.15) is 0 Å². The van der Waals surface area contributed by atoms with E-state index in [1.54, 1.807) is 6.20 Å². The molecule has 138 valence electrons. The summed E-state index contributed by atoms with van der Waals surface area (Å²) in [7, 11) is 0. The van der Waals surface area contributed by atoms with E-state index in [2.05, 4.69) is 4.98 Å². The molecule has 0 saturated carbocycles. The third-order valence-corrected chi connectivity index (χ3v) is 3.86. The zero-order valence-electron chi connectivity index (χ0n) is 14.2. The molecule has 0 bridgehead atoms. The van der Waals surface area contributed by atoms with Crippen LogP contribution in [0.2, 0.25) is 0 Å². The van der Waals surface area contributed by atoms with Gasteiger partial charge in [-0.15, -0.1) is 0 Å². The number of pyridine rings is 1. The van der Waals surface area contributed by atoms with Gasteiger partial charge in [-0.05, 0) is 56.1 Å². The molecule has 0 radical (unpaired) electrons. The Morgan fingerprint density at radius 1 is 0.760 bits per heavy atom. The Kier molecular flexibility index (Phi) is 9.21. The number of nitrogens with zero attached hydrogens (tertiary/aromatic N) is 1. The molecule has 25 heavy (non-hydrogen) atoms. The number of aryl methyl sites for hydroxylation is 3. The van der Waals surface area contributed by atoms with Gasteiger partial charge in [0, 0.05) is 31.2 Å². The monoisotopic (exact) mass is 351 g/mol. The van der Waals surface area contributed by atoms with E-state index in [0.29, 0.717) is 44.9 Å². The van der Waals surface area contributed by atoms with Crippen molar-refractivity contribution in [2.75, 3.05) is 0 Å². The molecule has 0 aliphatic heterocycles. The molecule has 1 aromatic heterocycles. The van der Waals surface area contributed by atoms with Crippen LogP contribution in [0.25, 0.3) is 0 Å². The van der Waals surface area contributed by atoms with Crippen LogP contribution in [0.3, 0.4) is 0 Å². The van der Waals surface area contributed by atoms with Crippen LogP contribution in [0, 0.1) is 0 Å². The van der Waals surface area contributed by atoms with Crippen LogP contribution in [0.4, 0.5) is 0 Å². The number of carboxylic acid groups (broad SMARTS) is 3. The number of hydrogen-bond acceptors (Lipinski definition) is 4. The average molecular weight is 351 g/mol. The SMILES string of the molecule is O=C(O)CCCCc1ncc(CCCC(=O)O)cc1CCCC(=O)O. The molecule has 7 nitrogen and oxygen atoms in total. The molecule has 0 aromatic carbocycles. The lowest BCUT2D eigenvalue weighted by molar-refractivity contribution is -0.138. The van der Waals surface area contributed by atoms with Crippen LogP contribution in [-0.2, 0) is 33.6 Å². The van der Waals surface area contributed by atoms with Crippen molar-refractivity contribution >= 4 is 17.9 Å². The lowest BCUT2D eigenvalue weighted by Gasteiger charge is -2.11. The fourth-order valence-electron chi connectivity index (χ4n) is 2.61. The average Bonchev–Trinajstić information content (AvgIpc) is 2.52. The van der Waals surface area contributed by atoms with Gasteiger partial charge in [0.15, 0.2) is 0 Å². The van der Waals surface area contributed by atoms with E-state index < -0.39 is 17.9 Å². The van der Waals surface area contributed by atoms with E-state index in [1.807, 2.05) is 6.07 Å². The van der Waals surface area contributed by atoms with Gasteiger partial charge in [0.2, 0.25) is 0 Å². The summed E-state index contributed by atoms with van der Waals surface area (Å²) in [4.78, 5) is 36.3. The zero-order chi connectivity index (χ0) is 18.7. The maximum atomic E-state index is 10.7. The summed E-state index contributed by atoms with van der Waals surface area (Å²) in [6, 6.07) is 1.98. The van der Waals surface area contributed by atoms with Crippen molar-refractivity contribution in [1.29, 1.82) is 0 Å². The number of hydrogen-bond donors (Lipinski definition) is 3. The molecule has 1 rings (SSSR count). The number of aromatic nitrogens is 1. The van der Waals surface area contributed by atoms with Crippen molar-refractivity contribution in [2.45, 2.75) is 64.2 Å². The maximum absolute atomic E-state index is 10.7. The summed E-state index contributed by atoms with van der Waals surface area (Å²) in [6.07, 6.45) is 6.25. The van der Waals surface area contributed by atoms with Crippen molar-refractivity contribution in [3.63, 3.8) is 0 Å². The first-order valence-corrected chi connectivity index (χ1v) is 8.50. The third kappa shape index (κ3) is 9.44. The van der Waals surface area contributed by atoms with Gasteiger partial charge in [0.25, 0.3) is 0 Å². The molecule has 0 fully saturated rings. The highest BCUT2D eigenvalue weighted by molar-refractivity contribution is 5.67. The lowest BCUT2D eigenvalue weighted by Crippen LogP contribution is -2.04. The van der Waals surface area contributed by atoms with Crippen LogP contribution in [-0.4, -0.2) is 38.2 Å². The Bertz CT molecular complexity index is 599. The zero-order valence-corrected chi connectivity index (χ0v) is 14.2. The maximum Gasteiger partial charge on any atom is 0.303 e. The van der Waals surface area contributed by atoms with Crippen LogP contribution in [0.5, 0.6) is 0 Å². The standard InChI is InChI=1S/C18H25NO6/c20-16(21)8-2-1-7-15-14(6-4-10-18(24)25)11-13(12-19-15)5-3-9-17(22)23/h11-12H,1-10H2,(H,20,21)(H,22,23)(H,24,25). The quantitative estimate of drug-likeness (QED) is 0.467. The van der Waals surface area contributed by atoms with Crippen molar-refractivity contribution in [3.8, 4) is 0 Å². The molecular weight excluding hydrogens is 326 g/mol. The number of carboxylic acids is 3. The van der Waals surface area contributed by atoms with Gasteiger partial charge < -0.3 is 15.3 Å². The third-order valence-electron chi connectivity index (χ3n) is 3.86. The number of unbranched alkanes of at least 4 members (excludes halogenated alkanes) is 1. The Labute approximate surface area is 146 Å². The molecule has 0 amide bonds. The van der Waals surface area contributed by atoms with Gasteiger partial charge in [-0.3, -0.25) is 19.4 Å². The second-order valence-electron chi connectivity index (χ2n) is 6.04. The minimum absolute atomic E-state index is 0.0850. The normalized spacial score (nSPS) is 10.6. The molecule has 3 N–H and O–H groups in total. The van der Waals surface area contributed by atoms with Gasteiger partial charge in [-0.1, -0.05) is 6.07 Å². The summed E-state index contributed by atoms with van der Waals surface area (Å²) >= 11 is 0. The van der Waals surface area contributed by atoms with E-state index in [-0.39, 0.29) is 19.3 Å². The van der Waals surface area contributed by atoms with Crippen molar-refractivity contribution < 1.29 is 29.7 Å². The van der Waals surface area contributed by atoms with Gasteiger partial charge in [-0.2, -0.15) is 0 Å². The first-order chi connectivity index (χ1) is 11.9. The largest absolute Gasteiger partial charge is 0.481 e. The number of carbonyl (C=O) groups is 3. The van der Waals surface area contributed by atoms with Gasteiger partial charge >= 0.3 is 17.9 Å². The summed E-state index contributed by atoms with van der Waals surface area (Å²) in [6.45, 7) is 0. The molecule has 0 saturated heterocycles. The Balaban J connectivity index is 2.69. The molecule has 0 unspecified atom stereocenters. The van der Waals surface area contributed by atoms with E-state index in [0.717, 1.165) is 16.8 Å². The Hall–Kier alpha value is -2.44. The highest BCUT2D eigenvalue weighted by atomic mass is 16.4. The Morgan fingerprint density at radius 2 is 1.32 bits per heavy atom. The number of aliphatic carboxylic acids is 3. The second kappa shape index (κ2) is 11.2. The van der Waals surface area contributed by atoms with Crippen molar-refractivity contribution in [1.82, 2.24) is 4.98 Å². The van der Waals surface area contributed by atoms with Crippen LogP contribution in [0.1, 0.15) is 61.8 Å². The highest BCUT2D eigenvalue weighted by Gasteiger charge is 2.09. The van der Waals surface area contributed by atoms with Crippen molar-refractivity contribution in [3.05, 3.63) is 29.1 Å². The molecule has 0 aliphatic rings.